The summed E-state index contributed by atoms with van der Waals surface area (Å²) in [7, 11) is 0. The van der Waals surface area contributed by atoms with Crippen LogP contribution in [0.5, 0.6) is 5.75 Å². The van der Waals surface area contributed by atoms with E-state index in [-0.39, 0.29) is 34.1 Å². The number of carbonyl (C=O) groups is 2. The molecular weight excluding hydrogens is 527 g/mol. The van der Waals surface area contributed by atoms with Crippen molar-refractivity contribution in [2.45, 2.75) is 44.2 Å². The third kappa shape index (κ3) is 4.92. The molecule has 2 amide bonds. The lowest BCUT2D eigenvalue weighted by Crippen LogP contribution is -2.50. The molecule has 0 spiro atoms. The van der Waals surface area contributed by atoms with Gasteiger partial charge in [-0.25, -0.2) is 19.2 Å². The average molecular weight is 549 g/mol. The average Bonchev–Trinajstić information content (AvgIpc) is 3.39. The van der Waals surface area contributed by atoms with Crippen molar-refractivity contribution >= 4 is 23.6 Å². The van der Waals surface area contributed by atoms with Gasteiger partial charge in [0.1, 0.15) is 17.7 Å². The normalized spacial score (nSPS) is 16.8. The molecule has 10 nitrogen and oxygen atoms in total. The van der Waals surface area contributed by atoms with Crippen molar-refractivity contribution in [3.8, 4) is 28.3 Å². The highest BCUT2D eigenvalue weighted by Gasteiger charge is 2.52. The van der Waals surface area contributed by atoms with Gasteiger partial charge in [-0.1, -0.05) is 35.0 Å². The number of amides is 2. The molecule has 4 aromatic rings. The van der Waals surface area contributed by atoms with E-state index >= 15 is 4.39 Å². The van der Waals surface area contributed by atoms with Crippen molar-refractivity contribution in [2.24, 2.45) is 0 Å². The first-order valence-corrected chi connectivity index (χ1v) is 12.7. The van der Waals surface area contributed by atoms with E-state index in [1.165, 1.54) is 24.8 Å². The number of hydrogen-bond acceptors (Lipinski definition) is 8. The summed E-state index contributed by atoms with van der Waals surface area (Å²) in [6.07, 6.45) is 5.73. The van der Waals surface area contributed by atoms with Crippen LogP contribution < -0.4 is 15.4 Å². The molecule has 6 rings (SSSR count). The van der Waals surface area contributed by atoms with Gasteiger partial charge in [-0.3, -0.25) is 4.79 Å². The van der Waals surface area contributed by atoms with E-state index in [0.29, 0.717) is 37.1 Å². The second kappa shape index (κ2) is 9.73. The van der Waals surface area contributed by atoms with Gasteiger partial charge in [0.05, 0.1) is 24.0 Å². The van der Waals surface area contributed by atoms with E-state index in [1.807, 2.05) is 18.2 Å². The van der Waals surface area contributed by atoms with E-state index in [4.69, 9.17) is 20.9 Å². The van der Waals surface area contributed by atoms with Gasteiger partial charge >= 0.3 is 6.09 Å². The Hall–Kier alpha value is -4.38. The number of halogens is 2. The lowest BCUT2D eigenvalue weighted by atomic mass is 9.95. The quantitative estimate of drug-likeness (QED) is 0.354. The largest absolute Gasteiger partial charge is 0.413 e. The van der Waals surface area contributed by atoms with Crippen molar-refractivity contribution in [2.75, 3.05) is 0 Å². The zero-order valence-corrected chi connectivity index (χ0v) is 21.5. The molecule has 2 aromatic carbocycles. The summed E-state index contributed by atoms with van der Waals surface area (Å²) in [5.41, 5.74) is 2.47. The lowest BCUT2D eigenvalue weighted by Gasteiger charge is -2.21. The fraction of sp³-hybridized carbons (Fsp3) is 0.259. The van der Waals surface area contributed by atoms with Crippen LogP contribution in [0.25, 0.3) is 22.5 Å². The molecule has 0 radical (unpaired) electrons. The molecule has 0 unspecified atom stereocenters. The number of rotatable bonds is 6. The van der Waals surface area contributed by atoms with E-state index < -0.39 is 17.4 Å². The molecule has 39 heavy (non-hydrogen) atoms. The molecule has 2 aromatic heterocycles. The summed E-state index contributed by atoms with van der Waals surface area (Å²) in [6, 6.07) is 8.40. The lowest BCUT2D eigenvalue weighted by molar-refractivity contribution is -0.124. The van der Waals surface area contributed by atoms with Gasteiger partial charge in [0.25, 0.3) is 0 Å². The Morgan fingerprint density at radius 2 is 1.97 bits per heavy atom. The van der Waals surface area contributed by atoms with Crippen LogP contribution in [0.3, 0.4) is 0 Å². The van der Waals surface area contributed by atoms with Gasteiger partial charge in [0.15, 0.2) is 5.75 Å². The first-order valence-electron chi connectivity index (χ1n) is 12.3. The number of benzene rings is 2. The SMILES string of the molecule is Cc1nc(-c2c(F)cc(Cl)cc2-c2ccc3c(c2)CC[C@@H]3NC(=O)C2(NC(=O)Oc3cncnc3)CC2)no1. The fourth-order valence-corrected chi connectivity index (χ4v) is 5.07. The molecule has 198 valence electrons. The Labute approximate surface area is 227 Å². The first kappa shape index (κ1) is 24.9. The van der Waals surface area contributed by atoms with Crippen LogP contribution in [-0.4, -0.2) is 37.6 Å². The van der Waals surface area contributed by atoms with Gasteiger partial charge in [-0.05, 0) is 60.1 Å². The van der Waals surface area contributed by atoms with E-state index in [0.717, 1.165) is 16.7 Å². The number of fused-ring (bicyclic) bond motifs is 1. The van der Waals surface area contributed by atoms with Crippen molar-refractivity contribution in [1.82, 2.24) is 30.7 Å². The minimum Gasteiger partial charge on any atom is -0.407 e. The number of carbonyl (C=O) groups excluding carboxylic acids is 2. The smallest absolute Gasteiger partial charge is 0.407 e. The standard InChI is InChI=1S/C27H22ClFN6O4/c1-14-32-24(35-39-14)23-20(9-17(28)10-21(23)29)16-2-4-19-15(8-16)3-5-22(19)33-25(36)27(6-7-27)34-26(37)38-18-11-30-13-31-12-18/h2,4,8-13,22H,3,5-7H2,1H3,(H,33,36)(H,34,37)/t22-/m0/s1. The van der Waals surface area contributed by atoms with Crippen LogP contribution in [0.2, 0.25) is 5.02 Å². The number of nitrogens with one attached hydrogen (secondary N) is 2. The van der Waals surface area contributed by atoms with Gasteiger partial charge in [-0.2, -0.15) is 4.98 Å². The molecule has 0 aliphatic heterocycles. The van der Waals surface area contributed by atoms with Gasteiger partial charge in [-0.15, -0.1) is 0 Å². The van der Waals surface area contributed by atoms with Crippen LogP contribution in [0.15, 0.2) is 53.6 Å². The predicted octanol–water partition coefficient (Wildman–Crippen LogP) is 4.72. The second-order valence-corrected chi connectivity index (χ2v) is 10.0. The van der Waals surface area contributed by atoms with E-state index in [1.54, 1.807) is 13.0 Å². The molecule has 2 aliphatic carbocycles. The Balaban J connectivity index is 1.19. The Morgan fingerprint density at radius 1 is 1.18 bits per heavy atom. The summed E-state index contributed by atoms with van der Waals surface area (Å²) in [5.74, 6) is -0.170. The van der Waals surface area contributed by atoms with Crippen LogP contribution in [0, 0.1) is 12.7 Å². The maximum atomic E-state index is 15.0. The first-order chi connectivity index (χ1) is 18.8. The predicted molar refractivity (Wildman–Crippen MR) is 137 cm³/mol. The maximum Gasteiger partial charge on any atom is 0.413 e. The van der Waals surface area contributed by atoms with Crippen LogP contribution in [0.4, 0.5) is 9.18 Å². The topological polar surface area (TPSA) is 132 Å². The van der Waals surface area contributed by atoms with Crippen molar-refractivity contribution < 1.29 is 23.2 Å². The van der Waals surface area contributed by atoms with Crippen LogP contribution in [0.1, 0.15) is 42.3 Å². The summed E-state index contributed by atoms with van der Waals surface area (Å²) >= 11 is 6.20. The van der Waals surface area contributed by atoms with Gasteiger partial charge in [0, 0.05) is 11.9 Å². The van der Waals surface area contributed by atoms with E-state index in [9.17, 15) is 9.59 Å². The molecule has 2 N–H and O–H groups in total. The van der Waals surface area contributed by atoms with Crippen molar-refractivity contribution in [3.63, 3.8) is 0 Å². The maximum absolute atomic E-state index is 15.0. The van der Waals surface area contributed by atoms with Crippen molar-refractivity contribution in [1.29, 1.82) is 0 Å². The molecule has 1 saturated carbocycles. The zero-order chi connectivity index (χ0) is 27.1. The Bertz CT molecular complexity index is 1590. The minimum atomic E-state index is -1.01. The molecule has 0 bridgehead atoms. The molecule has 0 saturated heterocycles. The van der Waals surface area contributed by atoms with E-state index in [2.05, 4.69) is 30.7 Å². The highest BCUT2D eigenvalue weighted by molar-refractivity contribution is 6.31. The molecule has 1 fully saturated rings. The summed E-state index contributed by atoms with van der Waals surface area (Å²) < 4.78 is 25.2. The number of aryl methyl sites for hydroxylation is 2. The summed E-state index contributed by atoms with van der Waals surface area (Å²) in [6.45, 7) is 1.64. The molecule has 2 heterocycles. The molecular formula is C27H22ClFN6O4. The van der Waals surface area contributed by atoms with Crippen LogP contribution in [-0.2, 0) is 11.2 Å². The zero-order valence-electron chi connectivity index (χ0n) is 20.7. The third-order valence-corrected chi connectivity index (χ3v) is 7.13. The number of nitrogens with zero attached hydrogens (tertiary/aromatic N) is 4. The second-order valence-electron chi connectivity index (χ2n) is 9.60. The summed E-state index contributed by atoms with van der Waals surface area (Å²) in [5, 5.41) is 9.90. The third-order valence-electron chi connectivity index (χ3n) is 6.92. The molecule has 1 atom stereocenters. The Kier molecular flexibility index (Phi) is 6.22. The fourth-order valence-electron chi connectivity index (χ4n) is 4.86. The van der Waals surface area contributed by atoms with Crippen LogP contribution >= 0.6 is 11.6 Å². The minimum absolute atomic E-state index is 0.142. The number of ether oxygens (including phenoxy) is 1. The number of aromatic nitrogens is 4. The van der Waals surface area contributed by atoms with Crippen molar-refractivity contribution in [3.05, 3.63) is 76.9 Å². The highest BCUT2D eigenvalue weighted by atomic mass is 35.5. The molecule has 12 heteroatoms. The summed E-state index contributed by atoms with van der Waals surface area (Å²) in [4.78, 5) is 37.3. The highest BCUT2D eigenvalue weighted by Crippen LogP contribution is 2.41. The molecule has 2 aliphatic rings. The Morgan fingerprint density at radius 3 is 2.69 bits per heavy atom. The number of hydrogen-bond donors (Lipinski definition) is 2. The van der Waals surface area contributed by atoms with Gasteiger partial charge in [0.2, 0.25) is 17.6 Å². The monoisotopic (exact) mass is 548 g/mol. The van der Waals surface area contributed by atoms with Gasteiger partial charge < -0.3 is 19.9 Å².